The van der Waals surface area contributed by atoms with Crippen molar-refractivity contribution in [1.82, 2.24) is 9.80 Å². The Balaban J connectivity index is 4.08. The van der Waals surface area contributed by atoms with E-state index in [9.17, 15) is 0 Å². The van der Waals surface area contributed by atoms with Gasteiger partial charge in [-0.25, -0.2) is 0 Å². The Hall–Kier alpha value is -0.0800. The maximum absolute atomic E-state index is 2.54. The molecule has 0 spiro atoms. The summed E-state index contributed by atoms with van der Waals surface area (Å²) in [5.41, 5.74) is 0. The standard InChI is InChI=1S/C13H30N2/c1-7-14(8-2)12(5)11-13(6)15(9-3)10-4/h12-13H,7-11H2,1-6H3. The van der Waals surface area contributed by atoms with Crippen LogP contribution in [0.5, 0.6) is 0 Å². The fourth-order valence-corrected chi connectivity index (χ4v) is 2.49. The number of rotatable bonds is 8. The van der Waals surface area contributed by atoms with Gasteiger partial charge in [0.25, 0.3) is 0 Å². The first kappa shape index (κ1) is 14.9. The zero-order valence-corrected chi connectivity index (χ0v) is 11.6. The molecule has 0 N–H and O–H groups in total. The highest BCUT2D eigenvalue weighted by Gasteiger charge is 2.17. The average molecular weight is 214 g/mol. The van der Waals surface area contributed by atoms with E-state index >= 15 is 0 Å². The molecule has 15 heavy (non-hydrogen) atoms. The predicted octanol–water partition coefficient (Wildman–Crippen LogP) is 2.84. The van der Waals surface area contributed by atoms with Crippen LogP contribution in [0.4, 0.5) is 0 Å². The summed E-state index contributed by atoms with van der Waals surface area (Å²) in [7, 11) is 0. The van der Waals surface area contributed by atoms with E-state index in [-0.39, 0.29) is 0 Å². The fourth-order valence-electron chi connectivity index (χ4n) is 2.49. The second-order valence-electron chi connectivity index (χ2n) is 4.38. The lowest BCUT2D eigenvalue weighted by Gasteiger charge is -2.33. The summed E-state index contributed by atoms with van der Waals surface area (Å²) in [5.74, 6) is 0. The highest BCUT2D eigenvalue weighted by molar-refractivity contribution is 4.73. The van der Waals surface area contributed by atoms with Gasteiger partial charge in [-0.1, -0.05) is 27.7 Å². The average Bonchev–Trinajstić information content (AvgIpc) is 2.21. The van der Waals surface area contributed by atoms with Crippen molar-refractivity contribution in [3.63, 3.8) is 0 Å². The van der Waals surface area contributed by atoms with Crippen LogP contribution in [0.15, 0.2) is 0 Å². The quantitative estimate of drug-likeness (QED) is 0.613. The molecule has 92 valence electrons. The van der Waals surface area contributed by atoms with E-state index in [4.69, 9.17) is 0 Å². The van der Waals surface area contributed by atoms with Crippen molar-refractivity contribution in [1.29, 1.82) is 0 Å². The van der Waals surface area contributed by atoms with Crippen LogP contribution < -0.4 is 0 Å². The molecule has 2 nitrogen and oxygen atoms in total. The summed E-state index contributed by atoms with van der Waals surface area (Å²) in [6.07, 6.45) is 1.28. The third kappa shape index (κ3) is 4.98. The Labute approximate surface area is 96.6 Å². The van der Waals surface area contributed by atoms with Gasteiger partial charge < -0.3 is 9.80 Å². The van der Waals surface area contributed by atoms with Crippen LogP contribution >= 0.6 is 0 Å². The lowest BCUT2D eigenvalue weighted by Crippen LogP contribution is -2.40. The van der Waals surface area contributed by atoms with Gasteiger partial charge in [0.2, 0.25) is 0 Å². The Morgan fingerprint density at radius 3 is 1.13 bits per heavy atom. The SMILES string of the molecule is CCN(CC)C(C)CC(C)N(CC)CC. The summed E-state index contributed by atoms with van der Waals surface area (Å²) < 4.78 is 0. The van der Waals surface area contributed by atoms with E-state index < -0.39 is 0 Å². The Morgan fingerprint density at radius 2 is 0.933 bits per heavy atom. The van der Waals surface area contributed by atoms with Crippen molar-refractivity contribution < 1.29 is 0 Å². The van der Waals surface area contributed by atoms with E-state index in [0.29, 0.717) is 12.1 Å². The van der Waals surface area contributed by atoms with E-state index in [1.807, 2.05) is 0 Å². The largest absolute Gasteiger partial charge is 0.301 e. The molecule has 0 saturated carbocycles. The number of nitrogens with zero attached hydrogens (tertiary/aromatic N) is 2. The van der Waals surface area contributed by atoms with Crippen molar-refractivity contribution in [3.05, 3.63) is 0 Å². The molecule has 0 aliphatic carbocycles. The van der Waals surface area contributed by atoms with Crippen LogP contribution in [-0.4, -0.2) is 48.1 Å². The third-order valence-electron chi connectivity index (χ3n) is 3.55. The smallest absolute Gasteiger partial charge is 0.00814 e. The van der Waals surface area contributed by atoms with Gasteiger partial charge in [0, 0.05) is 12.1 Å². The summed E-state index contributed by atoms with van der Waals surface area (Å²) in [6.45, 7) is 18.4. The maximum Gasteiger partial charge on any atom is 0.00814 e. The maximum atomic E-state index is 2.54. The zero-order chi connectivity index (χ0) is 11.8. The van der Waals surface area contributed by atoms with Gasteiger partial charge in [-0.2, -0.15) is 0 Å². The minimum absolute atomic E-state index is 0.704. The molecule has 0 aromatic carbocycles. The molecular formula is C13H30N2. The van der Waals surface area contributed by atoms with Gasteiger partial charge in [-0.15, -0.1) is 0 Å². The first-order chi connectivity index (χ1) is 7.10. The molecule has 0 amide bonds. The molecule has 0 bridgehead atoms. The molecule has 0 fully saturated rings. The minimum atomic E-state index is 0.704. The van der Waals surface area contributed by atoms with Crippen LogP contribution in [0, 0.1) is 0 Å². The molecule has 2 atom stereocenters. The van der Waals surface area contributed by atoms with Gasteiger partial charge in [-0.3, -0.25) is 0 Å². The second-order valence-corrected chi connectivity index (χ2v) is 4.38. The molecule has 0 aromatic heterocycles. The van der Waals surface area contributed by atoms with Crippen molar-refractivity contribution in [3.8, 4) is 0 Å². The molecule has 0 aliphatic rings. The molecule has 2 unspecified atom stereocenters. The Kier molecular flexibility index (Phi) is 8.07. The lowest BCUT2D eigenvalue weighted by molar-refractivity contribution is 0.153. The normalized spacial score (nSPS) is 16.0. The first-order valence-corrected chi connectivity index (χ1v) is 6.58. The summed E-state index contributed by atoms with van der Waals surface area (Å²) in [4.78, 5) is 5.08. The van der Waals surface area contributed by atoms with Gasteiger partial charge in [0.1, 0.15) is 0 Å². The number of hydrogen-bond acceptors (Lipinski definition) is 2. The van der Waals surface area contributed by atoms with Crippen LogP contribution in [-0.2, 0) is 0 Å². The zero-order valence-electron chi connectivity index (χ0n) is 11.6. The lowest BCUT2D eigenvalue weighted by atomic mass is 10.1. The van der Waals surface area contributed by atoms with Crippen molar-refractivity contribution in [2.75, 3.05) is 26.2 Å². The topological polar surface area (TPSA) is 6.48 Å². The van der Waals surface area contributed by atoms with Crippen LogP contribution in [0.3, 0.4) is 0 Å². The molecule has 0 radical (unpaired) electrons. The molecule has 0 aromatic rings. The van der Waals surface area contributed by atoms with Gasteiger partial charge >= 0.3 is 0 Å². The highest BCUT2D eigenvalue weighted by atomic mass is 15.2. The molecule has 0 saturated heterocycles. The second kappa shape index (κ2) is 8.12. The van der Waals surface area contributed by atoms with Crippen molar-refractivity contribution >= 4 is 0 Å². The van der Waals surface area contributed by atoms with Gasteiger partial charge in [-0.05, 0) is 46.4 Å². The highest BCUT2D eigenvalue weighted by Crippen LogP contribution is 2.11. The molecule has 0 heterocycles. The first-order valence-electron chi connectivity index (χ1n) is 6.58. The van der Waals surface area contributed by atoms with Crippen molar-refractivity contribution in [2.45, 2.75) is 60.0 Å². The summed E-state index contributed by atoms with van der Waals surface area (Å²) >= 11 is 0. The molecular weight excluding hydrogens is 184 g/mol. The Morgan fingerprint density at radius 1 is 0.667 bits per heavy atom. The summed E-state index contributed by atoms with van der Waals surface area (Å²) in [5, 5.41) is 0. The fraction of sp³-hybridized carbons (Fsp3) is 1.00. The van der Waals surface area contributed by atoms with Crippen LogP contribution in [0.1, 0.15) is 48.0 Å². The van der Waals surface area contributed by atoms with E-state index in [1.54, 1.807) is 0 Å². The predicted molar refractivity (Wildman–Crippen MR) is 69.4 cm³/mol. The van der Waals surface area contributed by atoms with Crippen LogP contribution in [0.2, 0.25) is 0 Å². The molecule has 0 rings (SSSR count). The van der Waals surface area contributed by atoms with Crippen molar-refractivity contribution in [2.24, 2.45) is 0 Å². The molecule has 2 heteroatoms. The Bertz CT molecular complexity index is 123. The van der Waals surface area contributed by atoms with Gasteiger partial charge in [0.15, 0.2) is 0 Å². The van der Waals surface area contributed by atoms with Crippen LogP contribution in [0.25, 0.3) is 0 Å². The molecule has 0 aliphatic heterocycles. The monoisotopic (exact) mass is 214 g/mol. The van der Waals surface area contributed by atoms with E-state index in [0.717, 1.165) is 0 Å². The summed E-state index contributed by atoms with van der Waals surface area (Å²) in [6, 6.07) is 1.41. The van der Waals surface area contributed by atoms with E-state index in [1.165, 1.54) is 32.6 Å². The third-order valence-corrected chi connectivity index (χ3v) is 3.55. The minimum Gasteiger partial charge on any atom is -0.301 e. The number of hydrogen-bond donors (Lipinski definition) is 0. The van der Waals surface area contributed by atoms with Gasteiger partial charge in [0.05, 0.1) is 0 Å². The van der Waals surface area contributed by atoms with E-state index in [2.05, 4.69) is 51.3 Å².